The Hall–Kier alpha value is -1.84. The van der Waals surface area contributed by atoms with Crippen molar-refractivity contribution in [2.24, 2.45) is 0 Å². The van der Waals surface area contributed by atoms with E-state index in [1.54, 1.807) is 31.2 Å². The molecule has 0 saturated carbocycles. The second-order valence-electron chi connectivity index (χ2n) is 3.85. The molecule has 0 fully saturated rings. The first-order chi connectivity index (χ1) is 7.50. The molecule has 2 N–H and O–H groups in total. The summed E-state index contributed by atoms with van der Waals surface area (Å²) in [5.41, 5.74) is -0.321. The van der Waals surface area contributed by atoms with Crippen molar-refractivity contribution < 1.29 is 14.7 Å². The number of carbonyl (C=O) groups is 2. The lowest BCUT2D eigenvalue weighted by molar-refractivity contribution is -0.141. The Morgan fingerprint density at radius 3 is 2.31 bits per heavy atom. The van der Waals surface area contributed by atoms with Crippen LogP contribution in [0.3, 0.4) is 0 Å². The van der Waals surface area contributed by atoms with Gasteiger partial charge in [-0.25, -0.2) is 0 Å². The minimum atomic E-state index is -1.03. The highest BCUT2D eigenvalue weighted by Gasteiger charge is 2.36. The normalized spacial score (nSPS) is 13.9. The van der Waals surface area contributed by atoms with Gasteiger partial charge in [-0.05, 0) is 12.5 Å². The molecule has 1 rings (SSSR count). The molecule has 4 heteroatoms. The Bertz CT molecular complexity index is 389. The van der Waals surface area contributed by atoms with Gasteiger partial charge in [-0.1, -0.05) is 30.3 Å². The molecule has 0 aliphatic heterocycles. The number of rotatable bonds is 4. The van der Waals surface area contributed by atoms with E-state index in [0.717, 1.165) is 0 Å². The van der Waals surface area contributed by atoms with Crippen LogP contribution in [0.2, 0.25) is 0 Å². The quantitative estimate of drug-likeness (QED) is 0.802. The zero-order chi connectivity index (χ0) is 12.2. The first-order valence-corrected chi connectivity index (χ1v) is 5.00. The molecule has 1 atom stereocenters. The van der Waals surface area contributed by atoms with E-state index in [9.17, 15) is 9.59 Å². The van der Waals surface area contributed by atoms with Crippen molar-refractivity contribution in [2.45, 2.75) is 18.8 Å². The van der Waals surface area contributed by atoms with Crippen LogP contribution in [0.25, 0.3) is 0 Å². The standard InChI is InChI=1S/C12H15NO3/c1-12(8-10(14)15,11(16)13-2)9-6-4-3-5-7-9/h3-7H,8H2,1-2H3,(H,13,16)(H,14,15). The predicted octanol–water partition coefficient (Wildman–Crippen LogP) is 1.16. The molecule has 16 heavy (non-hydrogen) atoms. The highest BCUT2D eigenvalue weighted by Crippen LogP contribution is 2.27. The molecule has 1 aromatic carbocycles. The third kappa shape index (κ3) is 2.39. The molecule has 0 aliphatic carbocycles. The summed E-state index contributed by atoms with van der Waals surface area (Å²) in [4.78, 5) is 22.6. The molecule has 0 heterocycles. The van der Waals surface area contributed by atoms with Gasteiger partial charge in [0.15, 0.2) is 0 Å². The fourth-order valence-electron chi connectivity index (χ4n) is 1.70. The monoisotopic (exact) mass is 221 g/mol. The average Bonchev–Trinajstić information content (AvgIpc) is 2.28. The molecule has 86 valence electrons. The summed E-state index contributed by atoms with van der Waals surface area (Å²) >= 11 is 0. The van der Waals surface area contributed by atoms with Crippen LogP contribution in [0.15, 0.2) is 30.3 Å². The maximum atomic E-state index is 11.8. The molecule has 1 unspecified atom stereocenters. The van der Waals surface area contributed by atoms with Gasteiger partial charge in [-0.3, -0.25) is 9.59 Å². The Morgan fingerprint density at radius 2 is 1.88 bits per heavy atom. The highest BCUT2D eigenvalue weighted by molar-refractivity contribution is 5.91. The summed E-state index contributed by atoms with van der Waals surface area (Å²) < 4.78 is 0. The van der Waals surface area contributed by atoms with E-state index in [4.69, 9.17) is 5.11 Å². The van der Waals surface area contributed by atoms with Crippen molar-refractivity contribution in [3.63, 3.8) is 0 Å². The van der Waals surface area contributed by atoms with Crippen molar-refractivity contribution in [1.29, 1.82) is 0 Å². The van der Waals surface area contributed by atoms with Crippen LogP contribution in [0.4, 0.5) is 0 Å². The van der Waals surface area contributed by atoms with Gasteiger partial charge >= 0.3 is 5.97 Å². The van der Waals surface area contributed by atoms with Crippen LogP contribution in [-0.2, 0) is 15.0 Å². The summed E-state index contributed by atoms with van der Waals surface area (Å²) in [7, 11) is 1.51. The van der Waals surface area contributed by atoms with E-state index >= 15 is 0 Å². The van der Waals surface area contributed by atoms with Crippen LogP contribution in [0, 0.1) is 0 Å². The number of carboxylic acid groups (broad SMARTS) is 1. The average molecular weight is 221 g/mol. The third-order valence-corrected chi connectivity index (χ3v) is 2.64. The molecule has 0 aliphatic rings. The Labute approximate surface area is 94.3 Å². The smallest absolute Gasteiger partial charge is 0.304 e. The van der Waals surface area contributed by atoms with Crippen molar-refractivity contribution in [2.75, 3.05) is 7.05 Å². The van der Waals surface area contributed by atoms with Crippen molar-refractivity contribution >= 4 is 11.9 Å². The summed E-state index contributed by atoms with van der Waals surface area (Å²) in [6.07, 6.45) is -0.226. The van der Waals surface area contributed by atoms with Crippen LogP contribution < -0.4 is 5.32 Å². The molecule has 0 saturated heterocycles. The third-order valence-electron chi connectivity index (χ3n) is 2.64. The zero-order valence-corrected chi connectivity index (χ0v) is 9.36. The van der Waals surface area contributed by atoms with Gasteiger partial charge in [-0.2, -0.15) is 0 Å². The van der Waals surface area contributed by atoms with Crippen molar-refractivity contribution in [3.05, 3.63) is 35.9 Å². The first-order valence-electron chi connectivity index (χ1n) is 5.00. The maximum absolute atomic E-state index is 11.8. The Kier molecular flexibility index (Phi) is 3.66. The van der Waals surface area contributed by atoms with Crippen LogP contribution in [-0.4, -0.2) is 24.0 Å². The largest absolute Gasteiger partial charge is 0.481 e. The predicted molar refractivity (Wildman–Crippen MR) is 60.1 cm³/mol. The van der Waals surface area contributed by atoms with Gasteiger partial charge < -0.3 is 10.4 Å². The van der Waals surface area contributed by atoms with E-state index in [-0.39, 0.29) is 12.3 Å². The minimum absolute atomic E-state index is 0.226. The summed E-state index contributed by atoms with van der Waals surface area (Å²) in [6, 6.07) is 8.93. The fraction of sp³-hybridized carbons (Fsp3) is 0.333. The number of hydrogen-bond acceptors (Lipinski definition) is 2. The molecule has 0 spiro atoms. The molecule has 0 radical (unpaired) electrons. The van der Waals surface area contributed by atoms with Gasteiger partial charge in [0, 0.05) is 7.05 Å². The minimum Gasteiger partial charge on any atom is -0.481 e. The first kappa shape index (κ1) is 12.2. The lowest BCUT2D eigenvalue weighted by Crippen LogP contribution is -2.42. The topological polar surface area (TPSA) is 66.4 Å². The molecule has 0 bridgehead atoms. The molecular formula is C12H15NO3. The molecule has 0 aromatic heterocycles. The fourth-order valence-corrected chi connectivity index (χ4v) is 1.70. The Balaban J connectivity index is 3.14. The second kappa shape index (κ2) is 4.79. The van der Waals surface area contributed by atoms with Gasteiger partial charge in [-0.15, -0.1) is 0 Å². The summed E-state index contributed by atoms with van der Waals surface area (Å²) in [5.74, 6) is -1.28. The van der Waals surface area contributed by atoms with Gasteiger partial charge in [0.25, 0.3) is 0 Å². The molecule has 1 amide bonds. The number of carbonyl (C=O) groups excluding carboxylic acids is 1. The number of benzene rings is 1. The van der Waals surface area contributed by atoms with Crippen molar-refractivity contribution in [3.8, 4) is 0 Å². The number of aliphatic carboxylic acids is 1. The van der Waals surface area contributed by atoms with Gasteiger partial charge in [0.1, 0.15) is 0 Å². The van der Waals surface area contributed by atoms with Gasteiger partial charge in [0.2, 0.25) is 5.91 Å². The van der Waals surface area contributed by atoms with E-state index in [0.29, 0.717) is 5.56 Å². The molecule has 1 aromatic rings. The number of nitrogens with one attached hydrogen (secondary N) is 1. The van der Waals surface area contributed by atoms with Crippen LogP contribution in [0.1, 0.15) is 18.9 Å². The lowest BCUT2D eigenvalue weighted by Gasteiger charge is -2.26. The number of carboxylic acids is 1. The summed E-state index contributed by atoms with van der Waals surface area (Å²) in [5, 5.41) is 11.4. The van der Waals surface area contributed by atoms with Crippen LogP contribution in [0.5, 0.6) is 0 Å². The van der Waals surface area contributed by atoms with Gasteiger partial charge in [0.05, 0.1) is 11.8 Å². The Morgan fingerprint density at radius 1 is 1.31 bits per heavy atom. The van der Waals surface area contributed by atoms with E-state index in [1.807, 2.05) is 6.07 Å². The van der Waals surface area contributed by atoms with Crippen LogP contribution >= 0.6 is 0 Å². The highest BCUT2D eigenvalue weighted by atomic mass is 16.4. The SMILES string of the molecule is CNC(=O)C(C)(CC(=O)O)c1ccccc1. The number of amides is 1. The zero-order valence-electron chi connectivity index (χ0n) is 9.36. The summed E-state index contributed by atoms with van der Waals surface area (Å²) in [6.45, 7) is 1.63. The number of likely N-dealkylation sites (N-methyl/N-ethyl adjacent to an activating group) is 1. The van der Waals surface area contributed by atoms with E-state index < -0.39 is 11.4 Å². The molecular weight excluding hydrogens is 206 g/mol. The number of hydrogen-bond donors (Lipinski definition) is 2. The van der Waals surface area contributed by atoms with E-state index in [1.165, 1.54) is 7.05 Å². The lowest BCUT2D eigenvalue weighted by atomic mass is 9.78. The molecule has 4 nitrogen and oxygen atoms in total. The van der Waals surface area contributed by atoms with E-state index in [2.05, 4.69) is 5.32 Å². The maximum Gasteiger partial charge on any atom is 0.304 e. The van der Waals surface area contributed by atoms with Crippen molar-refractivity contribution in [1.82, 2.24) is 5.32 Å². The second-order valence-corrected chi connectivity index (χ2v) is 3.85.